The molecule has 2 aliphatic rings. The Morgan fingerprint density at radius 2 is 2.10 bits per heavy atom. The van der Waals surface area contributed by atoms with Crippen molar-refractivity contribution in [2.45, 2.75) is 31.7 Å². The standard InChI is InChI=1S/C14H25N3O2S/c1-16(2)10-11-4-3-7-17(11)13(18)14(12(15)20)5-8-19-9-6-14/h11H,3-10H2,1-2H3,(H2,15,20). The van der Waals surface area contributed by atoms with Gasteiger partial charge in [0.25, 0.3) is 0 Å². The fourth-order valence-corrected chi connectivity index (χ4v) is 3.57. The molecule has 1 atom stereocenters. The first-order valence-corrected chi connectivity index (χ1v) is 7.71. The van der Waals surface area contributed by atoms with E-state index < -0.39 is 5.41 Å². The molecule has 2 rings (SSSR count). The van der Waals surface area contributed by atoms with Crippen molar-refractivity contribution in [2.75, 3.05) is 40.4 Å². The molecule has 5 nitrogen and oxygen atoms in total. The first-order valence-electron chi connectivity index (χ1n) is 7.31. The van der Waals surface area contributed by atoms with Crippen LogP contribution < -0.4 is 5.73 Å². The lowest BCUT2D eigenvalue weighted by Crippen LogP contribution is -2.55. The zero-order valence-electron chi connectivity index (χ0n) is 12.4. The summed E-state index contributed by atoms with van der Waals surface area (Å²) >= 11 is 5.23. The van der Waals surface area contributed by atoms with Crippen molar-refractivity contribution < 1.29 is 9.53 Å². The van der Waals surface area contributed by atoms with Gasteiger partial charge in [-0.15, -0.1) is 0 Å². The Balaban J connectivity index is 2.16. The van der Waals surface area contributed by atoms with Gasteiger partial charge in [0.1, 0.15) is 5.41 Å². The van der Waals surface area contributed by atoms with Gasteiger partial charge in [-0.05, 0) is 39.8 Å². The van der Waals surface area contributed by atoms with Gasteiger partial charge in [0.2, 0.25) is 5.91 Å². The van der Waals surface area contributed by atoms with Crippen LogP contribution in [0.4, 0.5) is 0 Å². The van der Waals surface area contributed by atoms with Gasteiger partial charge >= 0.3 is 0 Å². The average Bonchev–Trinajstić information content (AvgIpc) is 2.85. The SMILES string of the molecule is CN(C)CC1CCCN1C(=O)C1(C(N)=S)CCOCC1. The molecule has 2 aliphatic heterocycles. The number of nitrogens with two attached hydrogens (primary N) is 1. The Morgan fingerprint density at radius 1 is 1.45 bits per heavy atom. The van der Waals surface area contributed by atoms with Crippen LogP contribution in [0.5, 0.6) is 0 Å². The highest BCUT2D eigenvalue weighted by molar-refractivity contribution is 7.80. The van der Waals surface area contributed by atoms with Crippen molar-refractivity contribution >= 4 is 23.1 Å². The van der Waals surface area contributed by atoms with Gasteiger partial charge in [0.05, 0.1) is 4.99 Å². The molecule has 0 aromatic rings. The number of nitrogens with zero attached hydrogens (tertiary/aromatic N) is 2. The summed E-state index contributed by atoms with van der Waals surface area (Å²) in [5.41, 5.74) is 5.26. The molecule has 0 radical (unpaired) electrons. The number of likely N-dealkylation sites (N-methyl/N-ethyl adjacent to an activating group) is 1. The molecule has 20 heavy (non-hydrogen) atoms. The molecule has 2 saturated heterocycles. The highest BCUT2D eigenvalue weighted by Crippen LogP contribution is 2.35. The molecule has 6 heteroatoms. The maximum atomic E-state index is 13.0. The monoisotopic (exact) mass is 299 g/mol. The normalized spacial score (nSPS) is 25.9. The predicted molar refractivity (Wildman–Crippen MR) is 82.6 cm³/mol. The van der Waals surface area contributed by atoms with Gasteiger partial charge in [-0.1, -0.05) is 12.2 Å². The zero-order chi connectivity index (χ0) is 14.8. The Hall–Kier alpha value is -0.720. The predicted octanol–water partition coefficient (Wildman–Crippen LogP) is 0.622. The van der Waals surface area contributed by atoms with Crippen LogP contribution in [0.3, 0.4) is 0 Å². The number of hydrogen-bond donors (Lipinski definition) is 1. The minimum absolute atomic E-state index is 0.123. The lowest BCUT2D eigenvalue weighted by Gasteiger charge is -2.40. The van der Waals surface area contributed by atoms with Crippen molar-refractivity contribution in [2.24, 2.45) is 11.1 Å². The smallest absolute Gasteiger partial charge is 0.236 e. The summed E-state index contributed by atoms with van der Waals surface area (Å²) in [7, 11) is 4.08. The van der Waals surface area contributed by atoms with Crippen LogP contribution in [0, 0.1) is 5.41 Å². The van der Waals surface area contributed by atoms with E-state index in [-0.39, 0.29) is 11.9 Å². The Labute approximate surface area is 126 Å². The summed E-state index contributed by atoms with van der Waals surface area (Å²) in [6, 6.07) is 0.284. The minimum Gasteiger partial charge on any atom is -0.392 e. The Kier molecular flexibility index (Phi) is 4.99. The second-order valence-corrected chi connectivity index (χ2v) is 6.56. The minimum atomic E-state index is -0.678. The van der Waals surface area contributed by atoms with E-state index in [0.29, 0.717) is 31.0 Å². The van der Waals surface area contributed by atoms with Crippen LogP contribution in [-0.4, -0.2) is 67.1 Å². The number of likely N-dealkylation sites (tertiary alicyclic amines) is 1. The second kappa shape index (κ2) is 6.37. The number of amides is 1. The van der Waals surface area contributed by atoms with E-state index in [9.17, 15) is 4.79 Å². The maximum absolute atomic E-state index is 13.0. The number of carbonyl (C=O) groups excluding carboxylic acids is 1. The summed E-state index contributed by atoms with van der Waals surface area (Å²) in [6.07, 6.45) is 3.36. The molecule has 0 aromatic carbocycles. The number of ether oxygens (including phenoxy) is 1. The molecular weight excluding hydrogens is 274 g/mol. The van der Waals surface area contributed by atoms with Gasteiger partial charge in [0, 0.05) is 32.3 Å². The molecule has 0 aliphatic carbocycles. The van der Waals surface area contributed by atoms with Gasteiger partial charge in [-0.3, -0.25) is 4.79 Å². The molecule has 0 saturated carbocycles. The maximum Gasteiger partial charge on any atom is 0.236 e. The highest BCUT2D eigenvalue weighted by atomic mass is 32.1. The lowest BCUT2D eigenvalue weighted by atomic mass is 9.78. The molecule has 114 valence electrons. The fourth-order valence-electron chi connectivity index (χ4n) is 3.27. The van der Waals surface area contributed by atoms with Gasteiger partial charge in [0.15, 0.2) is 0 Å². The van der Waals surface area contributed by atoms with Gasteiger partial charge in [-0.25, -0.2) is 0 Å². The van der Waals surface area contributed by atoms with E-state index in [2.05, 4.69) is 4.90 Å². The lowest BCUT2D eigenvalue weighted by molar-refractivity contribution is -0.143. The molecule has 1 unspecified atom stereocenters. The average molecular weight is 299 g/mol. The van der Waals surface area contributed by atoms with Gasteiger partial charge < -0.3 is 20.3 Å². The van der Waals surface area contributed by atoms with Gasteiger partial charge in [-0.2, -0.15) is 0 Å². The number of rotatable bonds is 4. The van der Waals surface area contributed by atoms with Crippen LogP contribution >= 0.6 is 12.2 Å². The molecule has 0 spiro atoms. The molecule has 0 bridgehead atoms. The third-order valence-corrected chi connectivity index (χ3v) is 4.83. The summed E-state index contributed by atoms with van der Waals surface area (Å²) in [6.45, 7) is 2.85. The highest BCUT2D eigenvalue weighted by Gasteiger charge is 2.47. The second-order valence-electron chi connectivity index (χ2n) is 6.12. The van der Waals surface area contributed by atoms with Crippen LogP contribution in [0.25, 0.3) is 0 Å². The van der Waals surface area contributed by atoms with E-state index in [0.717, 1.165) is 25.9 Å². The van der Waals surface area contributed by atoms with Crippen LogP contribution in [-0.2, 0) is 9.53 Å². The Morgan fingerprint density at radius 3 is 2.65 bits per heavy atom. The van der Waals surface area contributed by atoms with E-state index in [1.165, 1.54) is 0 Å². The van der Waals surface area contributed by atoms with Crippen molar-refractivity contribution in [1.29, 1.82) is 0 Å². The first kappa shape index (κ1) is 15.7. The molecule has 1 amide bonds. The third kappa shape index (κ3) is 2.97. The van der Waals surface area contributed by atoms with E-state index >= 15 is 0 Å². The van der Waals surface area contributed by atoms with Crippen LogP contribution in [0.2, 0.25) is 0 Å². The quantitative estimate of drug-likeness (QED) is 0.771. The molecule has 2 fully saturated rings. The van der Waals surface area contributed by atoms with Crippen molar-refractivity contribution in [3.05, 3.63) is 0 Å². The number of thiocarbonyl (C=S) groups is 1. The van der Waals surface area contributed by atoms with Crippen LogP contribution in [0.15, 0.2) is 0 Å². The van der Waals surface area contributed by atoms with Crippen LogP contribution in [0.1, 0.15) is 25.7 Å². The number of hydrogen-bond acceptors (Lipinski definition) is 4. The summed E-state index contributed by atoms with van der Waals surface area (Å²) < 4.78 is 5.38. The molecule has 0 aromatic heterocycles. The van der Waals surface area contributed by atoms with Crippen molar-refractivity contribution in [1.82, 2.24) is 9.80 Å². The Bertz CT molecular complexity index is 381. The summed E-state index contributed by atoms with van der Waals surface area (Å²) in [4.78, 5) is 17.5. The third-order valence-electron chi connectivity index (χ3n) is 4.44. The van der Waals surface area contributed by atoms with Crippen molar-refractivity contribution in [3.8, 4) is 0 Å². The molecule has 2 N–H and O–H groups in total. The van der Waals surface area contributed by atoms with E-state index in [4.69, 9.17) is 22.7 Å². The topological polar surface area (TPSA) is 58.8 Å². The van der Waals surface area contributed by atoms with E-state index in [1.54, 1.807) is 0 Å². The fraction of sp³-hybridized carbons (Fsp3) is 0.857. The van der Waals surface area contributed by atoms with Crippen molar-refractivity contribution in [3.63, 3.8) is 0 Å². The first-order chi connectivity index (χ1) is 9.47. The number of carbonyl (C=O) groups is 1. The summed E-state index contributed by atoms with van der Waals surface area (Å²) in [5.74, 6) is 0.123. The molecular formula is C14H25N3O2S. The van der Waals surface area contributed by atoms with E-state index in [1.807, 2.05) is 19.0 Å². The summed E-state index contributed by atoms with van der Waals surface area (Å²) in [5, 5.41) is 0. The largest absolute Gasteiger partial charge is 0.392 e. The molecule has 2 heterocycles. The zero-order valence-corrected chi connectivity index (χ0v) is 13.2.